The van der Waals surface area contributed by atoms with Crippen LogP contribution in [0.4, 0.5) is 4.39 Å². The van der Waals surface area contributed by atoms with Crippen LogP contribution in [0.1, 0.15) is 46.0 Å². The third-order valence-corrected chi connectivity index (χ3v) is 4.50. The van der Waals surface area contributed by atoms with Crippen LogP contribution in [-0.2, 0) is 5.54 Å². The van der Waals surface area contributed by atoms with Gasteiger partial charge in [-0.3, -0.25) is 4.79 Å². The number of carboxylic acid groups (broad SMARTS) is 1. The van der Waals surface area contributed by atoms with Gasteiger partial charge in [-0.05, 0) is 31.5 Å². The maximum atomic E-state index is 13.9. The summed E-state index contributed by atoms with van der Waals surface area (Å²) in [6.07, 6.45) is 2.23. The van der Waals surface area contributed by atoms with Gasteiger partial charge in [0, 0.05) is 11.6 Å². The smallest absolute Gasteiger partial charge is 0.335 e. The van der Waals surface area contributed by atoms with E-state index in [9.17, 15) is 14.0 Å². The molecule has 2 aromatic rings. The number of rotatable bonds is 5. The lowest BCUT2D eigenvalue weighted by Crippen LogP contribution is -2.43. The van der Waals surface area contributed by atoms with Crippen molar-refractivity contribution in [2.45, 2.75) is 25.8 Å². The fourth-order valence-electron chi connectivity index (χ4n) is 1.94. The number of hydrogen-bond donors (Lipinski definition) is 2. The summed E-state index contributed by atoms with van der Waals surface area (Å²) in [6, 6.07) is 3.21. The maximum absolute atomic E-state index is 13.9. The average molecular weight is 322 g/mol. The number of nitrogens with zero attached hydrogens (tertiary/aromatic N) is 1. The Morgan fingerprint density at radius 1 is 1.45 bits per heavy atom. The van der Waals surface area contributed by atoms with Crippen LogP contribution in [0.2, 0.25) is 0 Å². The molecule has 0 saturated carbocycles. The number of carbonyl (C=O) groups is 2. The van der Waals surface area contributed by atoms with Gasteiger partial charge in [0.1, 0.15) is 10.8 Å². The van der Waals surface area contributed by atoms with Crippen molar-refractivity contribution in [2.75, 3.05) is 0 Å². The van der Waals surface area contributed by atoms with Gasteiger partial charge in [0.25, 0.3) is 5.91 Å². The first-order chi connectivity index (χ1) is 10.4. The summed E-state index contributed by atoms with van der Waals surface area (Å²) in [5, 5.41) is 14.1. The topological polar surface area (TPSA) is 79.3 Å². The number of carbonyl (C=O) groups excluding carboxylic acids is 1. The van der Waals surface area contributed by atoms with Gasteiger partial charge < -0.3 is 10.4 Å². The lowest BCUT2D eigenvalue weighted by atomic mass is 9.99. The molecule has 0 aliphatic heterocycles. The Morgan fingerprint density at radius 3 is 2.68 bits per heavy atom. The summed E-state index contributed by atoms with van der Waals surface area (Å²) in [5.74, 6) is -2.71. The van der Waals surface area contributed by atoms with Crippen LogP contribution < -0.4 is 5.32 Å². The molecule has 0 spiro atoms. The van der Waals surface area contributed by atoms with E-state index < -0.39 is 23.2 Å². The second kappa shape index (κ2) is 6.23. The number of carboxylic acids is 1. The molecule has 0 aliphatic carbocycles. The van der Waals surface area contributed by atoms with Gasteiger partial charge in [-0.1, -0.05) is 6.92 Å². The molecule has 0 radical (unpaired) electrons. The first-order valence-electron chi connectivity index (χ1n) is 6.62. The van der Waals surface area contributed by atoms with Crippen LogP contribution >= 0.6 is 11.3 Å². The van der Waals surface area contributed by atoms with Crippen molar-refractivity contribution in [1.82, 2.24) is 10.3 Å². The van der Waals surface area contributed by atoms with Crippen molar-refractivity contribution in [3.63, 3.8) is 0 Å². The van der Waals surface area contributed by atoms with Gasteiger partial charge in [-0.2, -0.15) is 0 Å². The third-order valence-electron chi connectivity index (χ3n) is 3.46. The lowest BCUT2D eigenvalue weighted by molar-refractivity contribution is 0.0695. The predicted molar refractivity (Wildman–Crippen MR) is 80.6 cm³/mol. The van der Waals surface area contributed by atoms with Gasteiger partial charge in [-0.15, -0.1) is 11.3 Å². The Morgan fingerprint density at radius 2 is 2.18 bits per heavy atom. The predicted octanol–water partition coefficient (Wildman–Crippen LogP) is 3.04. The molecule has 1 aromatic heterocycles. The Kier molecular flexibility index (Phi) is 4.56. The van der Waals surface area contributed by atoms with Gasteiger partial charge >= 0.3 is 5.97 Å². The highest BCUT2D eigenvalue weighted by atomic mass is 32.1. The molecule has 1 aromatic carbocycles. The molecule has 116 valence electrons. The van der Waals surface area contributed by atoms with E-state index in [-0.39, 0.29) is 11.1 Å². The molecular weight excluding hydrogens is 307 g/mol. The van der Waals surface area contributed by atoms with E-state index in [0.29, 0.717) is 6.42 Å². The van der Waals surface area contributed by atoms with Gasteiger partial charge in [-0.25, -0.2) is 14.2 Å². The summed E-state index contributed by atoms with van der Waals surface area (Å²) in [5.41, 5.74) is -1.10. The van der Waals surface area contributed by atoms with Crippen molar-refractivity contribution in [1.29, 1.82) is 0 Å². The zero-order chi connectivity index (χ0) is 16.3. The van der Waals surface area contributed by atoms with E-state index in [1.807, 2.05) is 13.8 Å². The first-order valence-corrected chi connectivity index (χ1v) is 7.50. The number of nitrogens with one attached hydrogen (secondary N) is 1. The summed E-state index contributed by atoms with van der Waals surface area (Å²) in [6.45, 7) is 3.71. The molecule has 1 unspecified atom stereocenters. The second-order valence-electron chi connectivity index (χ2n) is 4.98. The molecule has 1 heterocycles. The van der Waals surface area contributed by atoms with E-state index in [0.717, 1.165) is 11.1 Å². The Hall–Kier alpha value is -2.28. The molecule has 5 nitrogen and oxygen atoms in total. The molecule has 1 amide bonds. The van der Waals surface area contributed by atoms with E-state index in [1.165, 1.54) is 23.5 Å². The number of hydrogen-bond acceptors (Lipinski definition) is 4. The van der Waals surface area contributed by atoms with Crippen LogP contribution in [0.5, 0.6) is 0 Å². The number of aromatic nitrogens is 1. The molecule has 0 saturated heterocycles. The number of halogens is 1. The van der Waals surface area contributed by atoms with Crippen molar-refractivity contribution >= 4 is 23.2 Å². The number of aromatic carboxylic acids is 1. The standard InChI is InChI=1S/C15H15FN2O3S/c1-3-15(2,14-17-6-7-22-14)18-12(19)10-5-4-9(13(20)21)8-11(10)16/h4-8H,3H2,1-2H3,(H,18,19)(H,20,21). The van der Waals surface area contributed by atoms with Crippen LogP contribution in [0.15, 0.2) is 29.8 Å². The summed E-state index contributed by atoms with van der Waals surface area (Å²) < 4.78 is 13.9. The molecule has 7 heteroatoms. The Labute approximate surface area is 130 Å². The highest BCUT2D eigenvalue weighted by Gasteiger charge is 2.30. The molecule has 0 fully saturated rings. The zero-order valence-electron chi connectivity index (χ0n) is 12.1. The normalized spacial score (nSPS) is 13.4. The third kappa shape index (κ3) is 3.14. The monoisotopic (exact) mass is 322 g/mol. The number of amides is 1. The summed E-state index contributed by atoms with van der Waals surface area (Å²) >= 11 is 1.40. The van der Waals surface area contributed by atoms with E-state index in [4.69, 9.17) is 5.11 Å². The van der Waals surface area contributed by atoms with Crippen LogP contribution in [0, 0.1) is 5.82 Å². The zero-order valence-corrected chi connectivity index (χ0v) is 12.9. The second-order valence-corrected chi connectivity index (χ2v) is 5.87. The summed E-state index contributed by atoms with van der Waals surface area (Å²) in [7, 11) is 0. The van der Waals surface area contributed by atoms with Gasteiger partial charge in [0.15, 0.2) is 0 Å². The molecule has 22 heavy (non-hydrogen) atoms. The minimum Gasteiger partial charge on any atom is -0.478 e. The van der Waals surface area contributed by atoms with E-state index >= 15 is 0 Å². The van der Waals surface area contributed by atoms with Crippen molar-refractivity contribution in [2.24, 2.45) is 0 Å². The van der Waals surface area contributed by atoms with Crippen molar-refractivity contribution < 1.29 is 19.1 Å². The SMILES string of the molecule is CCC(C)(NC(=O)c1ccc(C(=O)O)cc1F)c1nccs1. The highest BCUT2D eigenvalue weighted by Crippen LogP contribution is 2.27. The highest BCUT2D eigenvalue weighted by molar-refractivity contribution is 7.09. The van der Waals surface area contributed by atoms with Gasteiger partial charge in [0.05, 0.1) is 16.7 Å². The van der Waals surface area contributed by atoms with Crippen molar-refractivity contribution in [3.05, 3.63) is 51.7 Å². The van der Waals surface area contributed by atoms with Crippen LogP contribution in [0.3, 0.4) is 0 Å². The van der Waals surface area contributed by atoms with Gasteiger partial charge in [0.2, 0.25) is 0 Å². The number of benzene rings is 1. The van der Waals surface area contributed by atoms with E-state index in [2.05, 4.69) is 10.3 Å². The Balaban J connectivity index is 2.27. The maximum Gasteiger partial charge on any atom is 0.335 e. The minimum atomic E-state index is -1.24. The van der Waals surface area contributed by atoms with Crippen molar-refractivity contribution in [3.8, 4) is 0 Å². The minimum absolute atomic E-state index is 0.193. The van der Waals surface area contributed by atoms with E-state index in [1.54, 1.807) is 11.6 Å². The van der Waals surface area contributed by atoms with Crippen LogP contribution in [0.25, 0.3) is 0 Å². The largest absolute Gasteiger partial charge is 0.478 e. The number of thiazole rings is 1. The quantitative estimate of drug-likeness (QED) is 0.887. The average Bonchev–Trinajstić information content (AvgIpc) is 3.01. The molecule has 2 rings (SSSR count). The Bertz CT molecular complexity index is 703. The fraction of sp³-hybridized carbons (Fsp3) is 0.267. The fourth-order valence-corrected chi connectivity index (χ4v) is 2.77. The first kappa shape index (κ1) is 16.1. The molecular formula is C15H15FN2O3S. The molecule has 1 atom stereocenters. The lowest BCUT2D eigenvalue weighted by Gasteiger charge is -2.27. The summed E-state index contributed by atoms with van der Waals surface area (Å²) in [4.78, 5) is 27.3. The molecule has 0 bridgehead atoms. The van der Waals surface area contributed by atoms with Crippen LogP contribution in [-0.4, -0.2) is 22.0 Å². The molecule has 0 aliphatic rings. The molecule has 2 N–H and O–H groups in total.